The van der Waals surface area contributed by atoms with Gasteiger partial charge in [-0.3, -0.25) is 4.79 Å². The molecular formula is C8H16O4. The highest BCUT2D eigenvalue weighted by atomic mass is 16.7. The van der Waals surface area contributed by atoms with Gasteiger partial charge in [0.15, 0.2) is 5.79 Å². The lowest BCUT2D eigenvalue weighted by Crippen LogP contribution is -2.20. The van der Waals surface area contributed by atoms with Gasteiger partial charge in [0.25, 0.3) is 5.97 Å². The first-order chi connectivity index (χ1) is 5.33. The number of rotatable bonds is 0. The molecule has 0 aromatic rings. The molecule has 4 nitrogen and oxygen atoms in total. The van der Waals surface area contributed by atoms with E-state index in [-0.39, 0.29) is 11.9 Å². The molecule has 0 amide bonds. The predicted octanol–water partition coefficient (Wildman–Crippen LogP) is 1.25. The van der Waals surface area contributed by atoms with Gasteiger partial charge in [0.05, 0.1) is 12.7 Å². The molecule has 4 heteroatoms. The first-order valence-corrected chi connectivity index (χ1v) is 3.85. The maximum Gasteiger partial charge on any atom is 0.300 e. The second-order valence-electron chi connectivity index (χ2n) is 3.16. The molecule has 72 valence electrons. The number of carboxylic acid groups (broad SMARTS) is 1. The minimum absolute atomic E-state index is 0.269. The van der Waals surface area contributed by atoms with Crippen molar-refractivity contribution >= 4 is 5.97 Å². The van der Waals surface area contributed by atoms with Crippen LogP contribution in [0.1, 0.15) is 27.7 Å². The molecule has 12 heavy (non-hydrogen) atoms. The summed E-state index contributed by atoms with van der Waals surface area (Å²) in [5, 5.41) is 7.42. The highest BCUT2D eigenvalue weighted by Gasteiger charge is 2.29. The molecule has 0 bridgehead atoms. The normalized spacial score (nSPS) is 25.8. The van der Waals surface area contributed by atoms with Crippen molar-refractivity contribution < 1.29 is 19.4 Å². The molecule has 0 saturated carbocycles. The van der Waals surface area contributed by atoms with E-state index in [0.717, 1.165) is 13.5 Å². The Bertz CT molecular complexity index is 149. The zero-order valence-electron chi connectivity index (χ0n) is 7.96. The molecular weight excluding hydrogens is 160 g/mol. The lowest BCUT2D eigenvalue weighted by molar-refractivity contribution is -0.136. The molecule has 0 aliphatic carbocycles. The predicted molar refractivity (Wildman–Crippen MR) is 43.9 cm³/mol. The average molecular weight is 176 g/mol. The van der Waals surface area contributed by atoms with Crippen molar-refractivity contribution in [2.24, 2.45) is 0 Å². The molecule has 0 aromatic heterocycles. The fourth-order valence-corrected chi connectivity index (χ4v) is 0.871. The van der Waals surface area contributed by atoms with E-state index in [2.05, 4.69) is 0 Å². The van der Waals surface area contributed by atoms with E-state index >= 15 is 0 Å². The molecule has 1 aliphatic heterocycles. The highest BCUT2D eigenvalue weighted by Crippen LogP contribution is 2.21. The largest absolute Gasteiger partial charge is 0.481 e. The maximum absolute atomic E-state index is 9.00. The van der Waals surface area contributed by atoms with Gasteiger partial charge in [0.1, 0.15) is 0 Å². The summed E-state index contributed by atoms with van der Waals surface area (Å²) in [7, 11) is 0. The average Bonchev–Trinajstić information content (AvgIpc) is 2.07. The van der Waals surface area contributed by atoms with Crippen LogP contribution < -0.4 is 0 Å². The Morgan fingerprint density at radius 3 is 2.08 bits per heavy atom. The molecule has 1 saturated heterocycles. The second kappa shape index (κ2) is 4.42. The van der Waals surface area contributed by atoms with E-state index in [1.165, 1.54) is 0 Å². The van der Waals surface area contributed by atoms with Gasteiger partial charge in [-0.2, -0.15) is 0 Å². The first-order valence-electron chi connectivity index (χ1n) is 3.85. The quantitative estimate of drug-likeness (QED) is 0.603. The van der Waals surface area contributed by atoms with Crippen molar-refractivity contribution in [3.05, 3.63) is 0 Å². The number of ether oxygens (including phenoxy) is 2. The summed E-state index contributed by atoms with van der Waals surface area (Å²) in [4.78, 5) is 9.00. The summed E-state index contributed by atoms with van der Waals surface area (Å²) in [6.45, 7) is 7.68. The summed E-state index contributed by atoms with van der Waals surface area (Å²) in [6, 6.07) is 0. The van der Waals surface area contributed by atoms with Crippen LogP contribution in [-0.4, -0.2) is 29.6 Å². The Morgan fingerprint density at radius 2 is 2.00 bits per heavy atom. The van der Waals surface area contributed by atoms with Crippen LogP contribution in [-0.2, 0) is 14.3 Å². The molecule has 1 fully saturated rings. The Morgan fingerprint density at radius 1 is 1.58 bits per heavy atom. The van der Waals surface area contributed by atoms with E-state index in [9.17, 15) is 0 Å². The van der Waals surface area contributed by atoms with Gasteiger partial charge in [-0.25, -0.2) is 0 Å². The minimum Gasteiger partial charge on any atom is -0.481 e. The second-order valence-corrected chi connectivity index (χ2v) is 3.16. The Balaban J connectivity index is 0.000000261. The van der Waals surface area contributed by atoms with Gasteiger partial charge < -0.3 is 14.6 Å². The molecule has 1 atom stereocenters. The van der Waals surface area contributed by atoms with Gasteiger partial charge in [0, 0.05) is 6.92 Å². The van der Waals surface area contributed by atoms with E-state index in [1.54, 1.807) is 0 Å². The minimum atomic E-state index is -0.833. The van der Waals surface area contributed by atoms with Gasteiger partial charge in [0.2, 0.25) is 0 Å². The molecule has 1 N–H and O–H groups in total. The van der Waals surface area contributed by atoms with Crippen LogP contribution in [0.3, 0.4) is 0 Å². The standard InChI is InChI=1S/C6H12O2.C2H4O2/c1-5-4-7-6(2,3)8-5;1-2(3)4/h5H,4H2,1-3H3;1H3,(H,3,4). The summed E-state index contributed by atoms with van der Waals surface area (Å²) in [5.74, 6) is -1.17. The van der Waals surface area contributed by atoms with Crippen molar-refractivity contribution in [3.8, 4) is 0 Å². The number of hydrogen-bond donors (Lipinski definition) is 1. The van der Waals surface area contributed by atoms with E-state index in [0.29, 0.717) is 0 Å². The van der Waals surface area contributed by atoms with Gasteiger partial charge in [-0.05, 0) is 20.8 Å². The molecule has 1 heterocycles. The van der Waals surface area contributed by atoms with Crippen LogP contribution >= 0.6 is 0 Å². The topological polar surface area (TPSA) is 55.8 Å². The Labute approximate surface area is 72.5 Å². The van der Waals surface area contributed by atoms with Gasteiger partial charge in [-0.15, -0.1) is 0 Å². The summed E-state index contributed by atoms with van der Waals surface area (Å²) < 4.78 is 10.6. The number of aliphatic carboxylic acids is 1. The number of hydrogen-bond acceptors (Lipinski definition) is 3. The molecule has 0 aromatic carbocycles. The molecule has 0 radical (unpaired) electrons. The molecule has 1 unspecified atom stereocenters. The SMILES string of the molecule is CC(=O)O.CC1COC(C)(C)O1. The third kappa shape index (κ3) is 6.12. The summed E-state index contributed by atoms with van der Waals surface area (Å²) in [5.41, 5.74) is 0. The highest BCUT2D eigenvalue weighted by molar-refractivity contribution is 5.62. The van der Waals surface area contributed by atoms with Crippen LogP contribution in [0.15, 0.2) is 0 Å². The zero-order chi connectivity index (χ0) is 9.78. The monoisotopic (exact) mass is 176 g/mol. The molecule has 1 rings (SSSR count). The molecule has 0 spiro atoms. The third-order valence-corrected chi connectivity index (χ3v) is 1.15. The van der Waals surface area contributed by atoms with Crippen LogP contribution in [0.25, 0.3) is 0 Å². The van der Waals surface area contributed by atoms with E-state index < -0.39 is 5.97 Å². The van der Waals surface area contributed by atoms with Crippen molar-refractivity contribution in [3.63, 3.8) is 0 Å². The fraction of sp³-hybridized carbons (Fsp3) is 0.875. The van der Waals surface area contributed by atoms with E-state index in [1.807, 2.05) is 20.8 Å². The smallest absolute Gasteiger partial charge is 0.300 e. The summed E-state index contributed by atoms with van der Waals surface area (Å²) in [6.07, 6.45) is 0.269. The number of carbonyl (C=O) groups is 1. The zero-order valence-corrected chi connectivity index (χ0v) is 7.96. The molecule has 1 aliphatic rings. The van der Waals surface area contributed by atoms with Crippen molar-refractivity contribution in [2.75, 3.05) is 6.61 Å². The van der Waals surface area contributed by atoms with Gasteiger partial charge >= 0.3 is 0 Å². The Kier molecular flexibility index (Phi) is 4.20. The lowest BCUT2D eigenvalue weighted by atomic mass is 10.4. The first kappa shape index (κ1) is 11.4. The van der Waals surface area contributed by atoms with Crippen molar-refractivity contribution in [1.29, 1.82) is 0 Å². The Hall–Kier alpha value is -0.610. The van der Waals surface area contributed by atoms with Crippen molar-refractivity contribution in [1.82, 2.24) is 0 Å². The maximum atomic E-state index is 9.00. The summed E-state index contributed by atoms with van der Waals surface area (Å²) >= 11 is 0. The van der Waals surface area contributed by atoms with Crippen LogP contribution in [0.5, 0.6) is 0 Å². The van der Waals surface area contributed by atoms with Gasteiger partial charge in [-0.1, -0.05) is 0 Å². The van der Waals surface area contributed by atoms with Crippen LogP contribution in [0, 0.1) is 0 Å². The van der Waals surface area contributed by atoms with Crippen LogP contribution in [0.2, 0.25) is 0 Å². The number of carboxylic acids is 1. The van der Waals surface area contributed by atoms with E-state index in [4.69, 9.17) is 19.4 Å². The fourth-order valence-electron chi connectivity index (χ4n) is 0.871. The van der Waals surface area contributed by atoms with Crippen molar-refractivity contribution in [2.45, 2.75) is 39.6 Å². The lowest BCUT2D eigenvalue weighted by Gasteiger charge is -2.15. The van der Waals surface area contributed by atoms with Crippen LogP contribution in [0.4, 0.5) is 0 Å². The third-order valence-electron chi connectivity index (χ3n) is 1.15.